The van der Waals surface area contributed by atoms with E-state index in [9.17, 15) is 22.0 Å². The van der Waals surface area contributed by atoms with Crippen molar-refractivity contribution in [2.75, 3.05) is 11.9 Å². The van der Waals surface area contributed by atoms with Gasteiger partial charge in [0.15, 0.2) is 18.2 Å². The van der Waals surface area contributed by atoms with Gasteiger partial charge in [-0.1, -0.05) is 6.07 Å². The number of hydrogen-bond donors (Lipinski definition) is 2. The Balaban J connectivity index is 2.05. The smallest absolute Gasteiger partial charge is 0.262 e. The van der Waals surface area contributed by atoms with Crippen LogP contribution >= 0.6 is 0 Å². The highest BCUT2D eigenvalue weighted by atomic mass is 32.2. The van der Waals surface area contributed by atoms with Gasteiger partial charge in [0.25, 0.3) is 5.91 Å². The molecule has 0 aromatic heterocycles. The maximum atomic E-state index is 13.4. The average Bonchev–Trinajstić information content (AvgIpc) is 2.47. The molecule has 1 amide bonds. The van der Waals surface area contributed by atoms with Crippen LogP contribution in [0.2, 0.25) is 0 Å². The summed E-state index contributed by atoms with van der Waals surface area (Å²) in [4.78, 5) is 11.7. The Morgan fingerprint density at radius 1 is 1.21 bits per heavy atom. The quantitative estimate of drug-likeness (QED) is 0.855. The lowest BCUT2D eigenvalue weighted by molar-refractivity contribution is -0.118. The van der Waals surface area contributed by atoms with E-state index in [0.29, 0.717) is 11.6 Å². The minimum Gasteiger partial charge on any atom is -0.481 e. The van der Waals surface area contributed by atoms with E-state index in [1.165, 1.54) is 18.2 Å². The lowest BCUT2D eigenvalue weighted by Crippen LogP contribution is -2.21. The van der Waals surface area contributed by atoms with Crippen molar-refractivity contribution in [2.45, 2.75) is 11.8 Å². The number of anilines is 1. The highest BCUT2D eigenvalue weighted by Crippen LogP contribution is 2.20. The molecule has 0 saturated heterocycles. The van der Waals surface area contributed by atoms with Crippen LogP contribution in [-0.2, 0) is 14.8 Å². The predicted octanol–water partition coefficient (Wildman–Crippen LogP) is 1.94. The highest BCUT2D eigenvalue weighted by Gasteiger charge is 2.14. The van der Waals surface area contributed by atoms with Crippen LogP contribution in [0.25, 0.3) is 0 Å². The second-order valence-corrected chi connectivity index (χ2v) is 6.47. The topological polar surface area (TPSA) is 98.5 Å². The summed E-state index contributed by atoms with van der Waals surface area (Å²) in [6, 6.07) is 6.86. The molecule has 2 rings (SSSR count). The van der Waals surface area contributed by atoms with Gasteiger partial charge in [0.2, 0.25) is 10.0 Å². The lowest BCUT2D eigenvalue weighted by atomic mass is 10.2. The van der Waals surface area contributed by atoms with Gasteiger partial charge >= 0.3 is 0 Å². The number of carbonyl (C=O) groups is 1. The zero-order chi connectivity index (χ0) is 17.9. The molecule has 0 bridgehead atoms. The third-order valence-electron chi connectivity index (χ3n) is 3.03. The summed E-state index contributed by atoms with van der Waals surface area (Å²) in [5.41, 5.74) is 0.623. The molecule has 3 N–H and O–H groups in total. The molecule has 128 valence electrons. The van der Waals surface area contributed by atoms with Crippen LogP contribution in [0.15, 0.2) is 41.3 Å². The molecule has 6 nitrogen and oxygen atoms in total. The van der Waals surface area contributed by atoms with Gasteiger partial charge in [-0.05, 0) is 36.8 Å². The zero-order valence-electron chi connectivity index (χ0n) is 12.5. The van der Waals surface area contributed by atoms with Gasteiger partial charge in [0, 0.05) is 11.8 Å². The van der Waals surface area contributed by atoms with Gasteiger partial charge in [0.05, 0.1) is 4.90 Å². The van der Waals surface area contributed by atoms with Crippen molar-refractivity contribution in [2.24, 2.45) is 5.14 Å². The number of rotatable bonds is 5. The lowest BCUT2D eigenvalue weighted by Gasteiger charge is -2.10. The summed E-state index contributed by atoms with van der Waals surface area (Å²) in [7, 11) is -3.92. The molecule has 0 saturated carbocycles. The first kappa shape index (κ1) is 17.8. The monoisotopic (exact) mass is 356 g/mol. The molecule has 0 unspecified atom stereocenters. The molecular weight excluding hydrogens is 342 g/mol. The molecule has 0 aliphatic carbocycles. The number of halogens is 2. The van der Waals surface area contributed by atoms with Gasteiger partial charge in [-0.15, -0.1) is 0 Å². The second kappa shape index (κ2) is 6.93. The Bertz CT molecular complexity index is 885. The number of hydrogen-bond acceptors (Lipinski definition) is 4. The number of benzene rings is 2. The van der Waals surface area contributed by atoms with E-state index in [-0.39, 0.29) is 16.3 Å². The second-order valence-electron chi connectivity index (χ2n) is 4.94. The van der Waals surface area contributed by atoms with E-state index < -0.39 is 34.2 Å². The maximum absolute atomic E-state index is 13.4. The Hall–Kier alpha value is -2.52. The molecule has 0 radical (unpaired) electrons. The van der Waals surface area contributed by atoms with E-state index in [1.54, 1.807) is 6.92 Å². The number of nitrogens with one attached hydrogen (secondary N) is 1. The Morgan fingerprint density at radius 3 is 2.54 bits per heavy atom. The first-order valence-electron chi connectivity index (χ1n) is 6.68. The van der Waals surface area contributed by atoms with Crippen LogP contribution < -0.4 is 15.2 Å². The summed E-state index contributed by atoms with van der Waals surface area (Å²) in [6.07, 6.45) is 0. The predicted molar refractivity (Wildman–Crippen MR) is 83.0 cm³/mol. The van der Waals surface area contributed by atoms with Crippen molar-refractivity contribution in [3.63, 3.8) is 0 Å². The summed E-state index contributed by atoms with van der Waals surface area (Å²) in [5, 5.41) is 7.49. The third kappa shape index (κ3) is 4.49. The van der Waals surface area contributed by atoms with Crippen molar-refractivity contribution in [3.8, 4) is 5.75 Å². The van der Waals surface area contributed by atoms with Crippen molar-refractivity contribution in [3.05, 3.63) is 53.6 Å². The SMILES string of the molecule is Cc1ccc(NC(=O)COc2ccc(F)cc2F)cc1S(N)(=O)=O. The Labute approximate surface area is 137 Å². The number of sulfonamides is 1. The fraction of sp³-hybridized carbons (Fsp3) is 0.133. The highest BCUT2D eigenvalue weighted by molar-refractivity contribution is 7.89. The maximum Gasteiger partial charge on any atom is 0.262 e. The average molecular weight is 356 g/mol. The summed E-state index contributed by atoms with van der Waals surface area (Å²) >= 11 is 0. The summed E-state index contributed by atoms with van der Waals surface area (Å²) in [5.74, 6) is -2.63. The normalized spacial score (nSPS) is 11.2. The number of amides is 1. The Kier molecular flexibility index (Phi) is 5.15. The molecule has 0 aliphatic heterocycles. The fourth-order valence-electron chi connectivity index (χ4n) is 1.92. The van der Waals surface area contributed by atoms with Crippen LogP contribution in [0.1, 0.15) is 5.56 Å². The van der Waals surface area contributed by atoms with E-state index in [4.69, 9.17) is 9.88 Å². The van der Waals surface area contributed by atoms with Crippen molar-refractivity contribution in [1.82, 2.24) is 0 Å². The van der Waals surface area contributed by atoms with Crippen LogP contribution in [-0.4, -0.2) is 20.9 Å². The summed E-state index contributed by atoms with van der Waals surface area (Å²) < 4.78 is 54.0. The first-order valence-corrected chi connectivity index (χ1v) is 8.22. The van der Waals surface area contributed by atoms with Crippen LogP contribution in [0, 0.1) is 18.6 Å². The van der Waals surface area contributed by atoms with Gasteiger partial charge < -0.3 is 10.1 Å². The number of carbonyl (C=O) groups excluding carboxylic acids is 1. The molecule has 24 heavy (non-hydrogen) atoms. The molecule has 0 spiro atoms. The zero-order valence-corrected chi connectivity index (χ0v) is 13.4. The van der Waals surface area contributed by atoms with E-state index in [2.05, 4.69) is 5.32 Å². The fourth-order valence-corrected chi connectivity index (χ4v) is 2.73. The third-order valence-corrected chi connectivity index (χ3v) is 4.08. The minimum absolute atomic E-state index is 0.120. The molecule has 0 aliphatic rings. The van der Waals surface area contributed by atoms with Gasteiger partial charge in [-0.2, -0.15) is 0 Å². The number of primary sulfonamides is 1. The number of aryl methyl sites for hydroxylation is 1. The minimum atomic E-state index is -3.92. The molecule has 0 heterocycles. The van der Waals surface area contributed by atoms with Crippen molar-refractivity contribution < 1.29 is 26.7 Å². The molecule has 2 aromatic rings. The molecule has 2 aromatic carbocycles. The molecule has 9 heteroatoms. The van der Waals surface area contributed by atoms with Crippen LogP contribution in [0.4, 0.5) is 14.5 Å². The molecule has 0 atom stereocenters. The molecule has 0 fully saturated rings. The van der Waals surface area contributed by atoms with Gasteiger partial charge in [-0.3, -0.25) is 4.79 Å². The van der Waals surface area contributed by atoms with E-state index in [1.807, 2.05) is 0 Å². The summed E-state index contributed by atoms with van der Waals surface area (Å²) in [6.45, 7) is 1.02. The molecular formula is C15H14F2N2O4S. The van der Waals surface area contributed by atoms with Crippen molar-refractivity contribution >= 4 is 21.6 Å². The van der Waals surface area contributed by atoms with E-state index >= 15 is 0 Å². The number of ether oxygens (including phenoxy) is 1. The number of nitrogens with two attached hydrogens (primary N) is 1. The van der Waals surface area contributed by atoms with Crippen LogP contribution in [0.3, 0.4) is 0 Å². The van der Waals surface area contributed by atoms with E-state index in [0.717, 1.165) is 12.1 Å². The van der Waals surface area contributed by atoms with Crippen molar-refractivity contribution in [1.29, 1.82) is 0 Å². The largest absolute Gasteiger partial charge is 0.481 e. The standard InChI is InChI=1S/C15H14F2N2O4S/c1-9-2-4-11(7-14(9)24(18,21)22)19-15(20)8-23-13-5-3-10(16)6-12(13)17/h2-7H,8H2,1H3,(H,19,20)(H2,18,21,22). The first-order chi connectivity index (χ1) is 11.2. The van der Waals surface area contributed by atoms with Crippen LogP contribution in [0.5, 0.6) is 5.75 Å². The Morgan fingerprint density at radius 2 is 1.92 bits per heavy atom. The van der Waals surface area contributed by atoms with Gasteiger partial charge in [-0.25, -0.2) is 22.3 Å². The van der Waals surface area contributed by atoms with Gasteiger partial charge in [0.1, 0.15) is 5.82 Å².